The third kappa shape index (κ3) is 5.08. The molecule has 6 N–H and O–H groups in total. The van der Waals surface area contributed by atoms with Crippen LogP contribution in [0, 0.1) is 6.92 Å². The number of hydrogen-bond donors (Lipinski definition) is 6. The van der Waals surface area contributed by atoms with Gasteiger partial charge in [-0.2, -0.15) is 0 Å². The van der Waals surface area contributed by atoms with Gasteiger partial charge in [-0.1, -0.05) is 0 Å². The van der Waals surface area contributed by atoms with E-state index >= 15 is 0 Å². The summed E-state index contributed by atoms with van der Waals surface area (Å²) in [5.41, 5.74) is 1.41. The lowest BCUT2D eigenvalue weighted by Gasteiger charge is -2.39. The zero-order valence-electron chi connectivity index (χ0n) is 21.7. The van der Waals surface area contributed by atoms with Gasteiger partial charge in [0.15, 0.2) is 16.8 Å². The number of benzene rings is 1. The fraction of sp³-hybridized carbons (Fsp3) is 0.444. The molecule has 1 aromatic carbocycles. The standard InChI is InChI=1S/C27H32N2O10/c1-13-6-18(31)16-7-15-8-21(39-36-12-20(33)24(35)23(34)19(32)11-30)27(2,3)38-25(15)22(26(16)37-13)29-9-14-4-5-28-17(14)10-29/h4-7,9-10,19-21,23-24,28,30,32-35H,8,11-12H2,1-3H3/t19-,20+,21-,23-,24-/m1/s1. The van der Waals surface area contributed by atoms with E-state index in [1.165, 1.54) is 6.07 Å². The quantitative estimate of drug-likeness (QED) is 0.131. The van der Waals surface area contributed by atoms with E-state index in [2.05, 4.69) is 4.98 Å². The van der Waals surface area contributed by atoms with Gasteiger partial charge in [0, 0.05) is 42.0 Å². The maximum absolute atomic E-state index is 13.0. The summed E-state index contributed by atoms with van der Waals surface area (Å²) < 4.78 is 14.4. The number of fused-ring (bicyclic) bond motifs is 3. The molecule has 4 heterocycles. The number of nitrogens with zero attached hydrogens (tertiary/aromatic N) is 1. The van der Waals surface area contributed by atoms with E-state index < -0.39 is 49.3 Å². The van der Waals surface area contributed by atoms with Crippen molar-refractivity contribution >= 4 is 21.9 Å². The Balaban J connectivity index is 1.45. The van der Waals surface area contributed by atoms with Crippen LogP contribution in [0.2, 0.25) is 0 Å². The fourth-order valence-electron chi connectivity index (χ4n) is 4.78. The molecule has 3 aromatic heterocycles. The molecule has 5 rings (SSSR count). The Bertz CT molecular complexity index is 1510. The predicted molar refractivity (Wildman–Crippen MR) is 139 cm³/mol. The summed E-state index contributed by atoms with van der Waals surface area (Å²) in [4.78, 5) is 26.9. The lowest BCUT2D eigenvalue weighted by atomic mass is 9.89. The van der Waals surface area contributed by atoms with Crippen LogP contribution >= 0.6 is 0 Å². The molecule has 4 aromatic rings. The number of hydrogen-bond acceptors (Lipinski definition) is 10. The molecule has 0 fully saturated rings. The van der Waals surface area contributed by atoms with Crippen LogP contribution in [-0.2, 0) is 16.2 Å². The maximum atomic E-state index is 13.0. The number of ether oxygens (including phenoxy) is 1. The minimum absolute atomic E-state index is 0.199. The summed E-state index contributed by atoms with van der Waals surface area (Å²) in [5, 5.41) is 49.7. The van der Waals surface area contributed by atoms with E-state index in [4.69, 9.17) is 24.0 Å². The summed E-state index contributed by atoms with van der Waals surface area (Å²) in [6.07, 6.45) is -1.56. The minimum Gasteiger partial charge on any atom is -0.482 e. The molecule has 12 heteroatoms. The van der Waals surface area contributed by atoms with Crippen LogP contribution in [0.25, 0.3) is 27.6 Å². The first-order valence-electron chi connectivity index (χ1n) is 12.6. The molecular weight excluding hydrogens is 512 g/mol. The lowest BCUT2D eigenvalue weighted by Crippen LogP contribution is -2.49. The van der Waals surface area contributed by atoms with Crippen LogP contribution in [0.4, 0.5) is 0 Å². The van der Waals surface area contributed by atoms with Crippen LogP contribution in [-0.4, -0.2) is 84.4 Å². The van der Waals surface area contributed by atoms with Gasteiger partial charge in [-0.25, -0.2) is 9.78 Å². The van der Waals surface area contributed by atoms with Crippen LogP contribution in [0.3, 0.4) is 0 Å². The number of aryl methyl sites for hydroxylation is 1. The maximum Gasteiger partial charge on any atom is 0.193 e. The molecule has 210 valence electrons. The molecule has 0 unspecified atom stereocenters. The number of H-pyrrole nitrogens is 1. The van der Waals surface area contributed by atoms with Crippen LogP contribution in [0.1, 0.15) is 25.2 Å². The molecule has 39 heavy (non-hydrogen) atoms. The summed E-state index contributed by atoms with van der Waals surface area (Å²) in [6.45, 7) is 4.00. The highest BCUT2D eigenvalue weighted by Crippen LogP contribution is 2.43. The van der Waals surface area contributed by atoms with Gasteiger partial charge < -0.3 is 44.2 Å². The van der Waals surface area contributed by atoms with Gasteiger partial charge in [-0.05, 0) is 32.9 Å². The SMILES string of the molecule is Cc1cc(=O)c2cc3c(c(-n4cc5cc[nH]c5c4)c2o1)OC(C)(C)[C@H](OOC[C@H](O)[C@@H](O)[C@H](O)[C@H](O)CO)C3. The van der Waals surface area contributed by atoms with Crippen LogP contribution in [0.5, 0.6) is 5.75 Å². The van der Waals surface area contributed by atoms with Gasteiger partial charge in [0.1, 0.15) is 54.2 Å². The molecule has 0 spiro atoms. The highest BCUT2D eigenvalue weighted by molar-refractivity contribution is 5.91. The largest absolute Gasteiger partial charge is 0.482 e. The monoisotopic (exact) mass is 544 g/mol. The van der Waals surface area contributed by atoms with Gasteiger partial charge >= 0.3 is 0 Å². The van der Waals surface area contributed by atoms with Gasteiger partial charge in [-0.3, -0.25) is 4.79 Å². The zero-order chi connectivity index (χ0) is 28.1. The summed E-state index contributed by atoms with van der Waals surface area (Å²) >= 11 is 0. The van der Waals surface area contributed by atoms with Crippen molar-refractivity contribution in [1.82, 2.24) is 9.55 Å². The Morgan fingerprint density at radius 1 is 1.15 bits per heavy atom. The third-order valence-corrected chi connectivity index (χ3v) is 7.06. The Hall–Kier alpha value is -3.23. The normalized spacial score (nSPS) is 19.9. The lowest BCUT2D eigenvalue weighted by molar-refractivity contribution is -0.358. The Kier molecular flexibility index (Phi) is 7.29. The van der Waals surface area contributed by atoms with E-state index in [0.717, 1.165) is 10.9 Å². The first-order chi connectivity index (χ1) is 18.5. The molecule has 5 atom stereocenters. The predicted octanol–water partition coefficient (Wildman–Crippen LogP) is 0.840. The summed E-state index contributed by atoms with van der Waals surface area (Å²) in [7, 11) is 0. The Morgan fingerprint density at radius 2 is 1.90 bits per heavy atom. The third-order valence-electron chi connectivity index (χ3n) is 7.06. The topological polar surface area (TPSA) is 180 Å². The fourth-order valence-corrected chi connectivity index (χ4v) is 4.78. The van der Waals surface area contributed by atoms with E-state index in [9.17, 15) is 25.2 Å². The van der Waals surface area contributed by atoms with Crippen molar-refractivity contribution in [2.24, 2.45) is 0 Å². The second-order valence-electron chi connectivity index (χ2n) is 10.4. The second kappa shape index (κ2) is 10.4. The zero-order valence-corrected chi connectivity index (χ0v) is 21.7. The van der Waals surface area contributed by atoms with Crippen LogP contribution in [0.15, 0.2) is 46.0 Å². The van der Waals surface area contributed by atoms with Gasteiger partial charge in [0.05, 0.1) is 17.5 Å². The number of aliphatic hydroxyl groups excluding tert-OH is 5. The minimum atomic E-state index is -1.78. The van der Waals surface area contributed by atoms with E-state index in [-0.39, 0.29) is 11.8 Å². The number of aromatic nitrogens is 2. The molecule has 0 saturated heterocycles. The average molecular weight is 545 g/mol. The number of aromatic amines is 1. The summed E-state index contributed by atoms with van der Waals surface area (Å²) in [6, 6.07) is 5.08. The molecule has 0 bridgehead atoms. The van der Waals surface area contributed by atoms with E-state index in [1.54, 1.807) is 26.8 Å². The van der Waals surface area contributed by atoms with Crippen LogP contribution < -0.4 is 10.2 Å². The van der Waals surface area contributed by atoms with Gasteiger partial charge in [-0.15, -0.1) is 0 Å². The first-order valence-corrected chi connectivity index (χ1v) is 12.6. The molecule has 12 nitrogen and oxygen atoms in total. The van der Waals surface area contributed by atoms with Gasteiger partial charge in [0.25, 0.3) is 0 Å². The average Bonchev–Trinajstić information content (AvgIpc) is 3.49. The molecule has 0 aliphatic carbocycles. The number of aliphatic hydroxyl groups is 5. The van der Waals surface area contributed by atoms with Crippen molar-refractivity contribution < 1.29 is 44.5 Å². The van der Waals surface area contributed by atoms with Crippen molar-refractivity contribution in [1.29, 1.82) is 0 Å². The smallest absolute Gasteiger partial charge is 0.193 e. The second-order valence-corrected chi connectivity index (χ2v) is 10.4. The Labute approximate surface area is 222 Å². The summed E-state index contributed by atoms with van der Waals surface area (Å²) in [5.74, 6) is 0.990. The van der Waals surface area contributed by atoms with Gasteiger partial charge in [0.2, 0.25) is 0 Å². The molecule has 1 aliphatic heterocycles. The Morgan fingerprint density at radius 3 is 2.62 bits per heavy atom. The van der Waals surface area contributed by atoms with Crippen molar-refractivity contribution in [2.75, 3.05) is 13.2 Å². The molecule has 0 saturated carbocycles. The highest BCUT2D eigenvalue weighted by atomic mass is 17.2. The van der Waals surface area contributed by atoms with E-state index in [0.29, 0.717) is 33.7 Å². The molecule has 1 aliphatic rings. The highest BCUT2D eigenvalue weighted by Gasteiger charge is 2.41. The number of rotatable bonds is 9. The molecule has 0 amide bonds. The first kappa shape index (κ1) is 27.3. The van der Waals surface area contributed by atoms with Crippen molar-refractivity contribution in [2.45, 2.75) is 63.3 Å². The van der Waals surface area contributed by atoms with E-state index in [1.807, 2.05) is 29.2 Å². The molecular formula is C27H32N2O10. The van der Waals surface area contributed by atoms with Crippen molar-refractivity contribution in [3.63, 3.8) is 0 Å². The molecule has 0 radical (unpaired) electrons. The number of nitrogens with one attached hydrogen (secondary N) is 1. The van der Waals surface area contributed by atoms with Crippen molar-refractivity contribution in [3.8, 4) is 11.4 Å². The van der Waals surface area contributed by atoms with Crippen molar-refractivity contribution in [3.05, 3.63) is 58.3 Å².